The Balaban J connectivity index is 0.00000361. The number of ether oxygens (including phenoxy) is 4. The Morgan fingerprint density at radius 1 is 0.917 bits per heavy atom. The van der Waals surface area contributed by atoms with E-state index in [0.717, 1.165) is 49.9 Å². The van der Waals surface area contributed by atoms with Crippen LogP contribution in [0.4, 0.5) is 22.0 Å². The lowest BCUT2D eigenvalue weighted by Crippen LogP contribution is -2.35. The second kappa shape index (κ2) is 12.1. The normalized spacial score (nSPS) is 24.8. The first-order valence-corrected chi connectivity index (χ1v) is 11.9. The maximum Gasteiger partial charge on any atom is 0.432 e. The van der Waals surface area contributed by atoms with Crippen molar-refractivity contribution in [2.45, 2.75) is 58.5 Å². The molecule has 36 heavy (non-hydrogen) atoms. The van der Waals surface area contributed by atoms with Gasteiger partial charge in [0, 0.05) is 24.2 Å². The molecule has 0 aromatic heterocycles. The molecular weight excluding hydrogens is 507 g/mol. The molecule has 1 aliphatic carbocycles. The number of alkyl halides is 2. The topological polar surface area (TPSA) is 36.9 Å². The summed E-state index contributed by atoms with van der Waals surface area (Å²) >= 11 is 5.51. The van der Waals surface area contributed by atoms with Crippen molar-refractivity contribution in [3.8, 4) is 5.75 Å². The summed E-state index contributed by atoms with van der Waals surface area (Å²) in [6.45, 7) is 3.33. The van der Waals surface area contributed by atoms with E-state index in [2.05, 4.69) is 4.74 Å². The van der Waals surface area contributed by atoms with Gasteiger partial charge in [-0.3, -0.25) is 0 Å². The average Bonchev–Trinajstić information content (AvgIpc) is 2.81. The third-order valence-corrected chi connectivity index (χ3v) is 6.78. The molecule has 0 radical (unpaired) electrons. The molecule has 1 aliphatic heterocycles. The molecule has 2 aromatic carbocycles. The van der Waals surface area contributed by atoms with Crippen LogP contribution in [0, 0.1) is 29.3 Å². The van der Waals surface area contributed by atoms with Crippen molar-refractivity contribution in [1.82, 2.24) is 0 Å². The smallest absolute Gasteiger partial charge is 0.429 e. The number of benzene rings is 2. The predicted molar refractivity (Wildman–Crippen MR) is 125 cm³/mol. The molecule has 1 heterocycles. The average molecular weight is 537 g/mol. The standard InChI is InChI=1S/C25H26ClF5O4.CH4/c1-2-32-17-5-3-14(4-6-17)16-12-33-24(34-13-16)15-9-21(28)23(22(29)10-15)25(30,31)35-18-7-8-19(26)20(27)11-18;/h7-11,14,16-17,24H,2-6,12-13H2,1H3;1H4. The lowest BCUT2D eigenvalue weighted by Gasteiger charge is -2.37. The van der Waals surface area contributed by atoms with Crippen molar-refractivity contribution in [3.63, 3.8) is 0 Å². The van der Waals surface area contributed by atoms with Gasteiger partial charge in [-0.2, -0.15) is 8.78 Å². The van der Waals surface area contributed by atoms with Gasteiger partial charge in [-0.1, -0.05) is 19.0 Å². The van der Waals surface area contributed by atoms with Gasteiger partial charge < -0.3 is 18.9 Å². The number of hydrogen-bond donors (Lipinski definition) is 0. The summed E-state index contributed by atoms with van der Waals surface area (Å²) in [6.07, 6.45) is -1.31. The molecule has 4 nitrogen and oxygen atoms in total. The molecule has 0 atom stereocenters. The molecule has 1 saturated carbocycles. The van der Waals surface area contributed by atoms with Crippen molar-refractivity contribution in [1.29, 1.82) is 0 Å². The molecule has 200 valence electrons. The molecule has 2 aromatic rings. The molecule has 2 aliphatic rings. The summed E-state index contributed by atoms with van der Waals surface area (Å²) < 4.78 is 93.5. The van der Waals surface area contributed by atoms with Crippen LogP contribution in [-0.2, 0) is 20.3 Å². The largest absolute Gasteiger partial charge is 0.432 e. The van der Waals surface area contributed by atoms with E-state index >= 15 is 0 Å². The maximum atomic E-state index is 14.7. The lowest BCUT2D eigenvalue weighted by atomic mass is 9.79. The van der Waals surface area contributed by atoms with Gasteiger partial charge in [-0.05, 0) is 62.8 Å². The van der Waals surface area contributed by atoms with Gasteiger partial charge in [0.15, 0.2) is 6.29 Å². The molecule has 0 N–H and O–H groups in total. The number of halogens is 6. The van der Waals surface area contributed by atoms with Crippen LogP contribution in [0.5, 0.6) is 5.75 Å². The first-order valence-electron chi connectivity index (χ1n) is 11.5. The fraction of sp³-hybridized carbons (Fsp3) is 0.538. The maximum absolute atomic E-state index is 14.7. The molecule has 10 heteroatoms. The molecular formula is C26H30ClF5O4. The summed E-state index contributed by atoms with van der Waals surface area (Å²) in [4.78, 5) is 0. The molecule has 0 spiro atoms. The second-order valence-corrected chi connectivity index (χ2v) is 9.21. The van der Waals surface area contributed by atoms with Gasteiger partial charge >= 0.3 is 6.11 Å². The fourth-order valence-electron chi connectivity index (χ4n) is 4.69. The zero-order valence-electron chi connectivity index (χ0n) is 19.0. The van der Waals surface area contributed by atoms with Gasteiger partial charge in [-0.25, -0.2) is 13.2 Å². The molecule has 0 unspecified atom stereocenters. The van der Waals surface area contributed by atoms with Crippen LogP contribution < -0.4 is 4.74 Å². The van der Waals surface area contributed by atoms with Crippen molar-refractivity contribution < 1.29 is 40.9 Å². The highest BCUT2D eigenvalue weighted by Crippen LogP contribution is 2.39. The van der Waals surface area contributed by atoms with Gasteiger partial charge in [0.05, 0.1) is 24.3 Å². The highest BCUT2D eigenvalue weighted by Gasteiger charge is 2.42. The van der Waals surface area contributed by atoms with Gasteiger partial charge in [-0.15, -0.1) is 0 Å². The SMILES string of the molecule is C.CCOC1CCC(C2COC(c3cc(F)c(C(F)(F)Oc4ccc(Cl)c(F)c4)c(F)c3)OC2)CC1. The summed E-state index contributed by atoms with van der Waals surface area (Å²) in [5.74, 6) is -4.19. The Hall–Kier alpha value is -1.94. The van der Waals surface area contributed by atoms with E-state index in [1.54, 1.807) is 0 Å². The summed E-state index contributed by atoms with van der Waals surface area (Å²) in [7, 11) is 0. The van der Waals surface area contributed by atoms with Gasteiger partial charge in [0.25, 0.3) is 0 Å². The van der Waals surface area contributed by atoms with Crippen LogP contribution in [0.15, 0.2) is 30.3 Å². The van der Waals surface area contributed by atoms with Crippen LogP contribution in [0.25, 0.3) is 0 Å². The molecule has 4 rings (SSSR count). The second-order valence-electron chi connectivity index (χ2n) is 8.81. The van der Waals surface area contributed by atoms with E-state index in [1.807, 2.05) is 6.92 Å². The Labute approximate surface area is 212 Å². The molecule has 2 fully saturated rings. The number of rotatable bonds is 7. The molecule has 0 amide bonds. The van der Waals surface area contributed by atoms with E-state index in [4.69, 9.17) is 25.8 Å². The van der Waals surface area contributed by atoms with E-state index in [-0.39, 0.29) is 30.0 Å². The minimum absolute atomic E-state index is 0. The molecule has 0 bridgehead atoms. The van der Waals surface area contributed by atoms with Crippen molar-refractivity contribution in [2.24, 2.45) is 11.8 Å². The highest BCUT2D eigenvalue weighted by atomic mass is 35.5. The zero-order valence-corrected chi connectivity index (χ0v) is 19.8. The van der Waals surface area contributed by atoms with Crippen LogP contribution in [0.2, 0.25) is 5.02 Å². The minimum atomic E-state index is -4.41. The van der Waals surface area contributed by atoms with Crippen molar-refractivity contribution in [3.05, 3.63) is 63.9 Å². The van der Waals surface area contributed by atoms with E-state index in [9.17, 15) is 22.0 Å². The van der Waals surface area contributed by atoms with E-state index in [0.29, 0.717) is 31.8 Å². The third kappa shape index (κ3) is 6.49. The lowest BCUT2D eigenvalue weighted by molar-refractivity contribution is -0.215. The van der Waals surface area contributed by atoms with Crippen LogP contribution >= 0.6 is 11.6 Å². The van der Waals surface area contributed by atoms with Gasteiger partial charge in [0.2, 0.25) is 0 Å². The Bertz CT molecular complexity index is 998. The fourth-order valence-corrected chi connectivity index (χ4v) is 4.81. The van der Waals surface area contributed by atoms with Crippen molar-refractivity contribution >= 4 is 11.6 Å². The first-order chi connectivity index (χ1) is 16.7. The Morgan fingerprint density at radius 3 is 2.08 bits per heavy atom. The highest BCUT2D eigenvalue weighted by molar-refractivity contribution is 6.30. The van der Waals surface area contributed by atoms with Crippen LogP contribution in [0.1, 0.15) is 57.5 Å². The number of hydrogen-bond acceptors (Lipinski definition) is 4. The van der Waals surface area contributed by atoms with Crippen molar-refractivity contribution in [2.75, 3.05) is 19.8 Å². The summed E-state index contributed by atoms with van der Waals surface area (Å²) in [6, 6.07) is 4.03. The summed E-state index contributed by atoms with van der Waals surface area (Å²) in [5.41, 5.74) is -1.66. The van der Waals surface area contributed by atoms with E-state index in [1.165, 1.54) is 0 Å². The van der Waals surface area contributed by atoms with E-state index < -0.39 is 41.2 Å². The first kappa shape index (κ1) is 28.6. The zero-order chi connectivity index (χ0) is 25.2. The van der Waals surface area contributed by atoms with Crippen LogP contribution in [-0.4, -0.2) is 25.9 Å². The van der Waals surface area contributed by atoms with Crippen LogP contribution in [0.3, 0.4) is 0 Å². The monoisotopic (exact) mass is 536 g/mol. The molecule has 1 saturated heterocycles. The van der Waals surface area contributed by atoms with Gasteiger partial charge in [0.1, 0.15) is 28.8 Å². The Morgan fingerprint density at radius 2 is 1.53 bits per heavy atom. The summed E-state index contributed by atoms with van der Waals surface area (Å²) in [5, 5.41) is -0.310. The minimum Gasteiger partial charge on any atom is -0.429 e. The Kier molecular flexibility index (Phi) is 9.60. The quantitative estimate of drug-likeness (QED) is 0.339. The predicted octanol–water partition coefficient (Wildman–Crippen LogP) is 7.78. The third-order valence-electron chi connectivity index (χ3n) is 6.48.